The zero-order valence-electron chi connectivity index (χ0n) is 16.1. The summed E-state index contributed by atoms with van der Waals surface area (Å²) in [7, 11) is 1.53. The Balaban J connectivity index is 1.71. The quantitative estimate of drug-likeness (QED) is 0.499. The minimum absolute atomic E-state index is 0.0956. The summed E-state index contributed by atoms with van der Waals surface area (Å²) in [6.07, 6.45) is 6.35. The van der Waals surface area contributed by atoms with Gasteiger partial charge < -0.3 is 19.9 Å². The van der Waals surface area contributed by atoms with Crippen molar-refractivity contribution in [1.29, 1.82) is 0 Å². The third kappa shape index (κ3) is 3.85. The fourth-order valence-corrected chi connectivity index (χ4v) is 3.26. The molecular formula is C20H23N3O5. The molecule has 0 radical (unpaired) electrons. The van der Waals surface area contributed by atoms with E-state index in [2.05, 4.69) is 15.5 Å². The predicted molar refractivity (Wildman–Crippen MR) is 102 cm³/mol. The van der Waals surface area contributed by atoms with Crippen molar-refractivity contribution in [2.45, 2.75) is 39.7 Å². The van der Waals surface area contributed by atoms with Gasteiger partial charge >= 0.3 is 5.97 Å². The number of carbonyl (C=O) groups is 2. The number of nitrogens with zero attached hydrogens (tertiary/aromatic N) is 1. The van der Waals surface area contributed by atoms with Crippen LogP contribution in [0.3, 0.4) is 0 Å². The molecule has 8 nitrogen and oxygen atoms in total. The second-order valence-electron chi connectivity index (χ2n) is 6.70. The highest BCUT2D eigenvalue weighted by molar-refractivity contribution is 5.98. The summed E-state index contributed by atoms with van der Waals surface area (Å²) in [6.45, 7) is 3.91. The van der Waals surface area contributed by atoms with E-state index < -0.39 is 5.97 Å². The van der Waals surface area contributed by atoms with Crippen molar-refractivity contribution in [2.24, 2.45) is 0 Å². The van der Waals surface area contributed by atoms with Gasteiger partial charge in [0.05, 0.1) is 19.0 Å². The van der Waals surface area contributed by atoms with Crippen LogP contribution < -0.4 is 10.1 Å². The molecule has 0 bridgehead atoms. The molecule has 1 aliphatic heterocycles. The molecule has 148 valence electrons. The zero-order valence-corrected chi connectivity index (χ0v) is 16.1. The van der Waals surface area contributed by atoms with Crippen LogP contribution in [0.25, 0.3) is 0 Å². The predicted octanol–water partition coefficient (Wildman–Crippen LogP) is 3.01. The van der Waals surface area contributed by atoms with E-state index in [9.17, 15) is 14.7 Å². The smallest absolute Gasteiger partial charge is 0.342 e. The van der Waals surface area contributed by atoms with Crippen LogP contribution in [0.15, 0.2) is 24.0 Å². The molecule has 0 fully saturated rings. The van der Waals surface area contributed by atoms with Gasteiger partial charge in [-0.15, -0.1) is 0 Å². The minimum Gasteiger partial charge on any atom is -0.507 e. The molecule has 0 aliphatic carbocycles. The number of phenols is 1. The summed E-state index contributed by atoms with van der Waals surface area (Å²) in [5.41, 5.74) is 3.84. The van der Waals surface area contributed by atoms with E-state index >= 15 is 0 Å². The molecule has 1 aliphatic rings. The maximum absolute atomic E-state index is 12.0. The van der Waals surface area contributed by atoms with Crippen molar-refractivity contribution in [3.63, 3.8) is 0 Å². The molecule has 2 aromatic rings. The number of aromatic amines is 1. The number of H-pyrrole nitrogens is 1. The summed E-state index contributed by atoms with van der Waals surface area (Å²) in [4.78, 5) is 23.9. The Bertz CT molecular complexity index is 932. The molecule has 0 saturated carbocycles. The monoisotopic (exact) mass is 385 g/mol. The molecule has 0 saturated heterocycles. The van der Waals surface area contributed by atoms with Crippen molar-refractivity contribution in [3.05, 3.63) is 46.3 Å². The van der Waals surface area contributed by atoms with Gasteiger partial charge in [-0.1, -0.05) is 11.6 Å². The Labute approximate surface area is 162 Å². The van der Waals surface area contributed by atoms with Crippen molar-refractivity contribution in [3.8, 4) is 11.5 Å². The summed E-state index contributed by atoms with van der Waals surface area (Å²) in [6, 6.07) is 0. The number of aromatic hydroxyl groups is 1. The average Bonchev–Trinajstić information content (AvgIpc) is 3.31. The number of anilines is 1. The van der Waals surface area contributed by atoms with Gasteiger partial charge in [0.25, 0.3) is 0 Å². The maximum atomic E-state index is 12.0. The third-order valence-electron chi connectivity index (χ3n) is 4.83. The van der Waals surface area contributed by atoms with Gasteiger partial charge in [0.1, 0.15) is 23.7 Å². The number of nitrogens with one attached hydrogen (secondary N) is 2. The first-order valence-corrected chi connectivity index (χ1v) is 8.95. The molecule has 1 aromatic carbocycles. The van der Waals surface area contributed by atoms with Crippen LogP contribution >= 0.6 is 0 Å². The van der Waals surface area contributed by atoms with E-state index in [0.717, 1.165) is 11.1 Å². The van der Waals surface area contributed by atoms with Gasteiger partial charge in [-0.3, -0.25) is 9.89 Å². The summed E-state index contributed by atoms with van der Waals surface area (Å²) in [5, 5.41) is 19.8. The number of phenolic OH excluding ortho intramolecular Hbond substituents is 1. The van der Waals surface area contributed by atoms with E-state index in [0.29, 0.717) is 41.8 Å². The minimum atomic E-state index is -0.517. The molecule has 3 N–H and O–H groups in total. The molecule has 0 unspecified atom stereocenters. The van der Waals surface area contributed by atoms with Gasteiger partial charge in [0, 0.05) is 23.7 Å². The van der Waals surface area contributed by atoms with Crippen LogP contribution in [0, 0.1) is 6.92 Å². The highest BCUT2D eigenvalue weighted by atomic mass is 16.5. The van der Waals surface area contributed by atoms with Gasteiger partial charge in [-0.05, 0) is 32.3 Å². The Morgan fingerprint density at radius 3 is 2.93 bits per heavy atom. The Hall–Kier alpha value is -3.29. The number of aromatic nitrogens is 2. The Kier molecular flexibility index (Phi) is 5.67. The van der Waals surface area contributed by atoms with Crippen LogP contribution in [0.1, 0.15) is 46.8 Å². The third-order valence-corrected chi connectivity index (χ3v) is 4.83. The molecular weight excluding hydrogens is 362 g/mol. The molecule has 3 rings (SSSR count). The summed E-state index contributed by atoms with van der Waals surface area (Å²) in [5.74, 6) is -0.167. The van der Waals surface area contributed by atoms with E-state index in [4.69, 9.17) is 9.47 Å². The molecule has 8 heteroatoms. The number of benzene rings is 1. The Morgan fingerprint density at radius 2 is 2.25 bits per heavy atom. The standard InChI is InChI=1S/C20H23N3O5/c1-11(5-7-16(24)23-13-8-21-22-9-13)4-6-14-18(25)17-15(10-28-20(17)26)12(2)19(14)27-3/h4,8-9,25H,5-7,10H2,1-3H3,(H,21,22)(H,23,24)/b11-4+. The number of ether oxygens (including phenoxy) is 2. The topological polar surface area (TPSA) is 114 Å². The SMILES string of the molecule is COc1c(C)c2c(c(O)c1C/C=C(\C)CCC(=O)Nc1cn[nH]c1)C(=O)OC2. The van der Waals surface area contributed by atoms with Gasteiger partial charge in [-0.25, -0.2) is 4.79 Å². The molecule has 28 heavy (non-hydrogen) atoms. The van der Waals surface area contributed by atoms with Crippen LogP contribution in [0.5, 0.6) is 11.5 Å². The number of hydrogen-bond donors (Lipinski definition) is 3. The highest BCUT2D eigenvalue weighted by Gasteiger charge is 2.31. The fourth-order valence-electron chi connectivity index (χ4n) is 3.26. The number of carbonyl (C=O) groups excluding carboxylic acids is 2. The van der Waals surface area contributed by atoms with E-state index in [1.807, 2.05) is 19.9 Å². The number of cyclic esters (lactones) is 1. The van der Waals surface area contributed by atoms with E-state index in [1.54, 1.807) is 6.20 Å². The van der Waals surface area contributed by atoms with Crippen molar-refractivity contribution in [1.82, 2.24) is 10.2 Å². The molecule has 2 heterocycles. The van der Waals surface area contributed by atoms with Gasteiger partial charge in [0.15, 0.2) is 0 Å². The summed E-state index contributed by atoms with van der Waals surface area (Å²) >= 11 is 0. The van der Waals surface area contributed by atoms with E-state index in [1.165, 1.54) is 13.3 Å². The largest absolute Gasteiger partial charge is 0.507 e. The number of methoxy groups -OCH3 is 1. The molecule has 0 atom stereocenters. The number of allylic oxidation sites excluding steroid dienone is 2. The highest BCUT2D eigenvalue weighted by Crippen LogP contribution is 2.42. The molecule has 1 aromatic heterocycles. The number of esters is 1. The second-order valence-corrected chi connectivity index (χ2v) is 6.70. The zero-order chi connectivity index (χ0) is 20.3. The number of fused-ring (bicyclic) bond motifs is 1. The first-order valence-electron chi connectivity index (χ1n) is 8.95. The first kappa shape index (κ1) is 19.5. The number of amides is 1. The maximum Gasteiger partial charge on any atom is 0.342 e. The van der Waals surface area contributed by atoms with Crippen molar-refractivity contribution in [2.75, 3.05) is 12.4 Å². The lowest BCUT2D eigenvalue weighted by Gasteiger charge is -2.15. The van der Waals surface area contributed by atoms with Gasteiger partial charge in [0.2, 0.25) is 5.91 Å². The Morgan fingerprint density at radius 1 is 1.46 bits per heavy atom. The molecule has 1 amide bonds. The second kappa shape index (κ2) is 8.16. The van der Waals surface area contributed by atoms with Crippen LogP contribution in [-0.4, -0.2) is 34.3 Å². The normalized spacial score (nSPS) is 13.2. The van der Waals surface area contributed by atoms with Gasteiger partial charge in [-0.2, -0.15) is 5.10 Å². The lowest BCUT2D eigenvalue weighted by atomic mass is 9.94. The summed E-state index contributed by atoms with van der Waals surface area (Å²) < 4.78 is 10.5. The van der Waals surface area contributed by atoms with Crippen LogP contribution in [-0.2, 0) is 22.6 Å². The number of rotatable bonds is 7. The fraction of sp³-hybridized carbons (Fsp3) is 0.350. The average molecular weight is 385 g/mol. The van der Waals surface area contributed by atoms with Crippen LogP contribution in [0.2, 0.25) is 0 Å². The first-order chi connectivity index (χ1) is 13.4. The number of hydrogen-bond acceptors (Lipinski definition) is 6. The molecule has 0 spiro atoms. The van der Waals surface area contributed by atoms with Crippen molar-refractivity contribution < 1.29 is 24.2 Å². The lowest BCUT2D eigenvalue weighted by Crippen LogP contribution is -2.10. The van der Waals surface area contributed by atoms with Crippen LogP contribution in [0.4, 0.5) is 5.69 Å². The van der Waals surface area contributed by atoms with Crippen molar-refractivity contribution >= 4 is 17.6 Å². The lowest BCUT2D eigenvalue weighted by molar-refractivity contribution is -0.116. The van der Waals surface area contributed by atoms with E-state index in [-0.39, 0.29) is 23.8 Å².